The summed E-state index contributed by atoms with van der Waals surface area (Å²) in [5.74, 6) is 1.30. The largest absolute Gasteiger partial charge is 0.573 e. The van der Waals surface area contributed by atoms with Crippen LogP contribution < -0.4 is 25.4 Å². The molecular weight excluding hydrogens is 637 g/mol. The zero-order valence-electron chi connectivity index (χ0n) is 26.8. The quantitative estimate of drug-likeness (QED) is 0.141. The van der Waals surface area contributed by atoms with Gasteiger partial charge in [-0.3, -0.25) is 0 Å². The number of anilines is 2. The minimum Gasteiger partial charge on any atom is -0.444 e. The summed E-state index contributed by atoms with van der Waals surface area (Å²) >= 11 is 0. The molecular formula is C32H43F3N6O5S. The van der Waals surface area contributed by atoms with Gasteiger partial charge in [-0.15, -0.1) is 13.2 Å². The van der Waals surface area contributed by atoms with E-state index in [2.05, 4.69) is 30.4 Å². The van der Waals surface area contributed by atoms with E-state index in [1.807, 2.05) is 45.0 Å². The molecule has 3 aromatic rings. The number of aromatic nitrogens is 2. The average molecular weight is 681 g/mol. The second-order valence-corrected chi connectivity index (χ2v) is 14.4. The summed E-state index contributed by atoms with van der Waals surface area (Å²) < 4.78 is 74.1. The number of sulfonamides is 1. The third kappa shape index (κ3) is 12.0. The number of rotatable bonds is 14. The number of para-hydroxylation sites is 1. The smallest absolute Gasteiger partial charge is 0.444 e. The molecule has 0 bridgehead atoms. The van der Waals surface area contributed by atoms with Gasteiger partial charge in [0.15, 0.2) is 0 Å². The first-order chi connectivity index (χ1) is 22.2. The summed E-state index contributed by atoms with van der Waals surface area (Å²) in [6, 6.07) is 11.9. The summed E-state index contributed by atoms with van der Waals surface area (Å²) in [6.07, 6.45) is -0.202. The SMILES string of the molecule is CC(C)(C)OC(=O)NCCCCNc1nc(NCC2CCC(CNS(=O)(=O)c3ccc(OC(F)(F)F)cc3)CC2)nc2ccccc12. The minimum absolute atomic E-state index is 0.121. The van der Waals surface area contributed by atoms with Crippen LogP contribution in [0.1, 0.15) is 59.3 Å². The van der Waals surface area contributed by atoms with E-state index in [4.69, 9.17) is 9.72 Å². The van der Waals surface area contributed by atoms with Crippen molar-refractivity contribution < 1.29 is 35.9 Å². The molecule has 1 heterocycles. The number of unbranched alkanes of at least 4 members (excludes halogenated alkanes) is 1. The molecule has 4 N–H and O–H groups in total. The third-order valence-corrected chi connectivity index (χ3v) is 9.05. The molecule has 1 aliphatic carbocycles. The van der Waals surface area contributed by atoms with E-state index in [9.17, 15) is 26.4 Å². The standard InChI is InChI=1S/C32H43F3N6O5S/c1-31(2,3)46-30(42)37-19-7-6-18-36-28-26-8-4-5-9-27(26)40-29(41-28)38-20-22-10-12-23(13-11-22)21-39-47(43,44)25-16-14-24(15-17-25)45-32(33,34)35/h4-5,8-9,14-17,22-23,39H,6-7,10-13,18-21H2,1-3H3,(H,37,42)(H2,36,38,40,41). The molecule has 0 spiro atoms. The fourth-order valence-corrected chi connectivity index (χ4v) is 6.37. The van der Waals surface area contributed by atoms with E-state index >= 15 is 0 Å². The highest BCUT2D eigenvalue weighted by Gasteiger charge is 2.31. The number of ether oxygens (including phenoxy) is 2. The van der Waals surface area contributed by atoms with Gasteiger partial charge in [0.25, 0.3) is 0 Å². The topological polar surface area (TPSA) is 144 Å². The number of nitrogens with zero attached hydrogens (tertiary/aromatic N) is 2. The fourth-order valence-electron chi connectivity index (χ4n) is 5.26. The van der Waals surface area contributed by atoms with Crippen LogP contribution in [-0.4, -0.2) is 62.6 Å². The maximum atomic E-state index is 12.7. The van der Waals surface area contributed by atoms with E-state index in [1.165, 1.54) is 0 Å². The molecule has 47 heavy (non-hydrogen) atoms. The highest BCUT2D eigenvalue weighted by molar-refractivity contribution is 7.89. The number of hydrogen-bond acceptors (Lipinski definition) is 9. The lowest BCUT2D eigenvalue weighted by Crippen LogP contribution is -2.33. The van der Waals surface area contributed by atoms with Crippen LogP contribution in [0.3, 0.4) is 0 Å². The Morgan fingerprint density at radius 1 is 0.872 bits per heavy atom. The maximum absolute atomic E-state index is 12.7. The van der Waals surface area contributed by atoms with Gasteiger partial charge >= 0.3 is 12.5 Å². The summed E-state index contributed by atoms with van der Waals surface area (Å²) in [5.41, 5.74) is 0.285. The molecule has 11 nitrogen and oxygen atoms in total. The van der Waals surface area contributed by atoms with Crippen LogP contribution in [0.2, 0.25) is 0 Å². The first kappa shape index (κ1) is 36.0. The first-order valence-corrected chi connectivity index (χ1v) is 17.2. The Kier molecular flexibility index (Phi) is 12.1. The molecule has 1 amide bonds. The monoisotopic (exact) mass is 680 g/mol. The second kappa shape index (κ2) is 15.8. The van der Waals surface area contributed by atoms with Crippen molar-refractivity contribution in [2.24, 2.45) is 11.8 Å². The van der Waals surface area contributed by atoms with Crippen LogP contribution >= 0.6 is 0 Å². The van der Waals surface area contributed by atoms with Crippen molar-refractivity contribution in [3.63, 3.8) is 0 Å². The molecule has 258 valence electrons. The van der Waals surface area contributed by atoms with Gasteiger partial charge in [0, 0.05) is 31.6 Å². The van der Waals surface area contributed by atoms with Gasteiger partial charge in [-0.2, -0.15) is 4.98 Å². The van der Waals surface area contributed by atoms with Crippen molar-refractivity contribution in [2.75, 3.05) is 36.8 Å². The maximum Gasteiger partial charge on any atom is 0.573 e. The van der Waals surface area contributed by atoms with Crippen LogP contribution in [-0.2, 0) is 14.8 Å². The van der Waals surface area contributed by atoms with Gasteiger partial charge in [0.1, 0.15) is 17.2 Å². The highest BCUT2D eigenvalue weighted by atomic mass is 32.2. The Labute approximate surface area is 273 Å². The summed E-state index contributed by atoms with van der Waals surface area (Å²) in [4.78, 5) is 21.1. The number of alkyl carbamates (subject to hydrolysis) is 1. The molecule has 0 atom stereocenters. The van der Waals surface area contributed by atoms with Crippen molar-refractivity contribution in [3.8, 4) is 5.75 Å². The Morgan fingerprint density at radius 2 is 1.51 bits per heavy atom. The van der Waals surface area contributed by atoms with E-state index in [1.54, 1.807) is 0 Å². The number of benzene rings is 2. The number of alkyl halides is 3. The summed E-state index contributed by atoms with van der Waals surface area (Å²) in [6.45, 7) is 7.59. The lowest BCUT2D eigenvalue weighted by Gasteiger charge is -2.28. The molecule has 1 aliphatic rings. The number of nitrogens with one attached hydrogen (secondary N) is 4. The Hall–Kier alpha value is -3.85. The molecule has 2 aromatic carbocycles. The zero-order chi connectivity index (χ0) is 34.1. The zero-order valence-corrected chi connectivity index (χ0v) is 27.6. The van der Waals surface area contributed by atoms with Crippen molar-refractivity contribution in [1.29, 1.82) is 0 Å². The van der Waals surface area contributed by atoms with Crippen molar-refractivity contribution in [2.45, 2.75) is 76.2 Å². The Balaban J connectivity index is 1.21. The molecule has 0 unspecified atom stereocenters. The molecule has 1 aromatic heterocycles. The molecule has 15 heteroatoms. The predicted molar refractivity (Wildman–Crippen MR) is 174 cm³/mol. The average Bonchev–Trinajstić information content (AvgIpc) is 3.00. The van der Waals surface area contributed by atoms with Gasteiger partial charge < -0.3 is 25.4 Å². The van der Waals surface area contributed by atoms with Gasteiger partial charge in [-0.1, -0.05) is 12.1 Å². The number of fused-ring (bicyclic) bond motifs is 1. The first-order valence-electron chi connectivity index (χ1n) is 15.7. The van der Waals surface area contributed by atoms with Crippen LogP contribution in [0.15, 0.2) is 53.4 Å². The molecule has 0 saturated heterocycles. The van der Waals surface area contributed by atoms with Gasteiger partial charge in [-0.25, -0.2) is 22.9 Å². The van der Waals surface area contributed by atoms with Crippen molar-refractivity contribution in [3.05, 3.63) is 48.5 Å². The van der Waals surface area contributed by atoms with Gasteiger partial charge in [0.2, 0.25) is 16.0 Å². The van der Waals surface area contributed by atoms with Crippen molar-refractivity contribution in [1.82, 2.24) is 20.0 Å². The number of hydrogen-bond donors (Lipinski definition) is 4. The molecule has 1 saturated carbocycles. The Bertz CT molecular complexity index is 1570. The lowest BCUT2D eigenvalue weighted by molar-refractivity contribution is -0.274. The normalized spacial score (nSPS) is 17.2. The molecule has 0 aliphatic heterocycles. The van der Waals surface area contributed by atoms with Crippen LogP contribution in [0.4, 0.5) is 29.7 Å². The number of amides is 1. The van der Waals surface area contributed by atoms with Gasteiger partial charge in [-0.05, 0) is 108 Å². The van der Waals surface area contributed by atoms with Crippen molar-refractivity contribution >= 4 is 38.8 Å². The lowest BCUT2D eigenvalue weighted by atomic mass is 9.82. The summed E-state index contributed by atoms with van der Waals surface area (Å²) in [7, 11) is -3.87. The number of carbonyl (C=O) groups is 1. The van der Waals surface area contributed by atoms with E-state index < -0.39 is 33.8 Å². The van der Waals surface area contributed by atoms with E-state index in [0.717, 1.165) is 79.5 Å². The van der Waals surface area contributed by atoms with E-state index in [-0.39, 0.29) is 17.4 Å². The third-order valence-electron chi connectivity index (χ3n) is 7.61. The van der Waals surface area contributed by atoms with Crippen LogP contribution in [0, 0.1) is 11.8 Å². The van der Waals surface area contributed by atoms with Gasteiger partial charge in [0.05, 0.1) is 10.4 Å². The number of halogens is 3. The molecule has 0 radical (unpaired) electrons. The Morgan fingerprint density at radius 3 is 2.17 bits per heavy atom. The predicted octanol–water partition coefficient (Wildman–Crippen LogP) is 6.44. The molecule has 1 fully saturated rings. The second-order valence-electron chi connectivity index (χ2n) is 12.6. The number of carbonyl (C=O) groups excluding carboxylic acids is 1. The molecule has 4 rings (SSSR count). The summed E-state index contributed by atoms with van der Waals surface area (Å²) in [5, 5.41) is 10.5. The van der Waals surface area contributed by atoms with E-state index in [0.29, 0.717) is 31.5 Å². The minimum atomic E-state index is -4.85. The highest BCUT2D eigenvalue weighted by Crippen LogP contribution is 2.30. The van der Waals surface area contributed by atoms with Crippen LogP contribution in [0.25, 0.3) is 10.9 Å². The van der Waals surface area contributed by atoms with Crippen LogP contribution in [0.5, 0.6) is 5.75 Å². The fraction of sp³-hybridized carbons (Fsp3) is 0.531.